The van der Waals surface area contributed by atoms with Gasteiger partial charge in [-0.2, -0.15) is 0 Å². The van der Waals surface area contributed by atoms with Crippen LogP contribution in [0.5, 0.6) is 11.5 Å². The summed E-state index contributed by atoms with van der Waals surface area (Å²) in [6.07, 6.45) is 1.90. The topological polar surface area (TPSA) is 36.9 Å². The fourth-order valence-electron chi connectivity index (χ4n) is 13.3. The van der Waals surface area contributed by atoms with E-state index in [9.17, 15) is 0 Å². The summed E-state index contributed by atoms with van der Waals surface area (Å²) in [4.78, 5) is 5.05. The van der Waals surface area contributed by atoms with Crippen molar-refractivity contribution in [3.63, 3.8) is 0 Å². The van der Waals surface area contributed by atoms with Gasteiger partial charge in [0.15, 0.2) is 0 Å². The molecule has 0 bridgehead atoms. The summed E-state index contributed by atoms with van der Waals surface area (Å²) in [7, 11) is 0. The van der Waals surface area contributed by atoms with E-state index in [1.54, 1.807) is 0 Å². The molecule has 3 aromatic heterocycles. The van der Waals surface area contributed by atoms with Crippen LogP contribution in [0.3, 0.4) is 0 Å². The van der Waals surface area contributed by atoms with Crippen molar-refractivity contribution in [2.45, 2.75) is 64.7 Å². The van der Waals surface area contributed by atoms with Gasteiger partial charge in [0.05, 0.1) is 5.41 Å². The van der Waals surface area contributed by atoms with Crippen LogP contribution in [0.4, 0.5) is 0 Å². The summed E-state index contributed by atoms with van der Waals surface area (Å²) in [5.41, 5.74) is 24.2. The van der Waals surface area contributed by atoms with Crippen LogP contribution in [0.25, 0.3) is 94.5 Å². The molecule has 5 nitrogen and oxygen atoms in total. The van der Waals surface area contributed by atoms with Gasteiger partial charge in [-0.3, -0.25) is 0 Å². The summed E-state index contributed by atoms with van der Waals surface area (Å²) < 4.78 is 15.0. The minimum absolute atomic E-state index is 0.0533. The van der Waals surface area contributed by atoms with Crippen LogP contribution in [0, 0.1) is 22.9 Å². The number of benzene rings is 10. The summed E-state index contributed by atoms with van der Waals surface area (Å²) in [5, 5.41) is 2.21. The SMILES string of the molecule is Cc1ccnc(-n2c3[c-]c(Oc4[c-]c(-n5[c](=[Pt])n(-c6c(-c7ccccc7)cccc6-c6cc(C(C)(C)C)cc(C(C)(C)C)c6)c6ccccc65)ccc4)ccc3c3cc4c(cc32)C2(c3ccccc3-c3ccccc32)c2ccccc2-4)c1. The number of imidazole rings is 1. The normalized spacial score (nSPS) is 13.2. The average Bonchev–Trinajstić information content (AvgIpc) is 1.62. The number of nitrogens with zero attached hydrogens (tertiary/aromatic N) is 4. The number of hydrogen-bond donors (Lipinski definition) is 0. The molecule has 6 heteroatoms. The molecule has 400 valence electrons. The van der Waals surface area contributed by atoms with E-state index in [1.807, 2.05) is 18.3 Å². The maximum atomic E-state index is 6.95. The molecule has 0 saturated heterocycles. The third-order valence-electron chi connectivity index (χ3n) is 17.1. The number of para-hydroxylation sites is 3. The minimum atomic E-state index is -0.489. The Morgan fingerprint density at radius 1 is 0.439 bits per heavy atom. The van der Waals surface area contributed by atoms with Gasteiger partial charge in [-0.25, -0.2) is 0 Å². The molecule has 2 aliphatic rings. The molecule has 1 spiro atoms. The molecule has 0 aliphatic heterocycles. The van der Waals surface area contributed by atoms with E-state index < -0.39 is 5.41 Å². The van der Waals surface area contributed by atoms with Crippen LogP contribution >= 0.6 is 0 Å². The minimum Gasteiger partial charge on any atom is -0.0619 e. The van der Waals surface area contributed by atoms with Gasteiger partial charge < -0.3 is 0 Å². The first-order valence-electron chi connectivity index (χ1n) is 28.3. The van der Waals surface area contributed by atoms with Gasteiger partial charge in [0.1, 0.15) is 0 Å². The molecular formula is C76H58N4OPt-2. The first-order chi connectivity index (χ1) is 39.8. The van der Waals surface area contributed by atoms with Crippen molar-refractivity contribution in [3.05, 3.63) is 279 Å². The van der Waals surface area contributed by atoms with Crippen LogP contribution in [0.15, 0.2) is 225 Å². The second kappa shape index (κ2) is 18.6. The van der Waals surface area contributed by atoms with Crippen molar-refractivity contribution >= 4 is 32.8 Å². The van der Waals surface area contributed by atoms with Crippen molar-refractivity contribution in [2.75, 3.05) is 0 Å². The summed E-state index contributed by atoms with van der Waals surface area (Å²) in [6.45, 7) is 16.0. The Morgan fingerprint density at radius 2 is 1.00 bits per heavy atom. The molecule has 0 N–H and O–H groups in total. The van der Waals surface area contributed by atoms with Crippen molar-refractivity contribution in [2.24, 2.45) is 0 Å². The number of ether oxygens (including phenoxy) is 1. The number of pyridine rings is 1. The molecule has 0 saturated carbocycles. The molecule has 13 aromatic rings. The zero-order chi connectivity index (χ0) is 55.8. The van der Waals surface area contributed by atoms with Gasteiger partial charge in [-0.15, -0.1) is 0 Å². The predicted molar refractivity (Wildman–Crippen MR) is 331 cm³/mol. The second-order valence-corrected chi connectivity index (χ2v) is 25.2. The number of aryl methyl sites for hydroxylation is 1. The Bertz CT molecular complexity index is 4770. The summed E-state index contributed by atoms with van der Waals surface area (Å²) in [6, 6.07) is 87.5. The van der Waals surface area contributed by atoms with E-state index in [0.717, 1.165) is 76.1 Å². The van der Waals surface area contributed by atoms with Gasteiger partial charge in [0.25, 0.3) is 0 Å². The Labute approximate surface area is 489 Å². The number of hydrogen-bond acceptors (Lipinski definition) is 2. The summed E-state index contributed by atoms with van der Waals surface area (Å²) >= 11 is 2.52. The van der Waals surface area contributed by atoms with E-state index in [0.29, 0.717) is 11.5 Å². The molecule has 10 aromatic carbocycles. The van der Waals surface area contributed by atoms with Gasteiger partial charge in [0, 0.05) is 6.20 Å². The van der Waals surface area contributed by atoms with E-state index in [4.69, 9.17) is 9.72 Å². The predicted octanol–water partition coefficient (Wildman–Crippen LogP) is 19.0. The zero-order valence-corrected chi connectivity index (χ0v) is 49.1. The van der Waals surface area contributed by atoms with Crippen LogP contribution in [-0.2, 0) is 35.6 Å². The smallest absolute Gasteiger partial charge is 0.0619 e. The monoisotopic (exact) mass is 1240 g/mol. The Balaban J connectivity index is 0.888. The van der Waals surface area contributed by atoms with Crippen LogP contribution < -0.4 is 4.74 Å². The first kappa shape index (κ1) is 50.1. The van der Waals surface area contributed by atoms with Gasteiger partial charge in [-0.1, -0.05) is 72.8 Å². The fraction of sp³-hybridized carbons (Fsp3) is 0.132. The third-order valence-corrected chi connectivity index (χ3v) is 18.2. The van der Waals surface area contributed by atoms with E-state index in [-0.39, 0.29) is 10.8 Å². The van der Waals surface area contributed by atoms with Crippen molar-refractivity contribution in [1.29, 1.82) is 0 Å². The zero-order valence-electron chi connectivity index (χ0n) is 46.9. The van der Waals surface area contributed by atoms with Crippen molar-refractivity contribution < 1.29 is 24.1 Å². The summed E-state index contributed by atoms with van der Waals surface area (Å²) in [5.74, 6) is 2.00. The standard InChI is InChI=1S/C76H58N4O.Pt/c1-48-37-38-77-72(39-48)80-70-44-55(35-36-61(70)63-45-62-60-27-13-16-32-66(60)76(67(62)46-71(63)80)64-30-14-11-25-58(64)59-26-12-15-31-65(59)76)81-54-24-19-23-53(43-54)78-47-79(69-34-18-17-33-68(69)78)73-56(49-21-9-8-10-22-49)28-20-29-57(73)50-40-51(74(2,3)4)42-52(41-50)75(5,6)7;/h8-42,45-46H,1-7H3;/q-2;. The molecule has 82 heavy (non-hydrogen) atoms. The maximum absolute atomic E-state index is 6.95. The van der Waals surface area contributed by atoms with Crippen LogP contribution in [0.2, 0.25) is 0 Å². The number of rotatable bonds is 7. The number of fused-ring (bicyclic) bond motifs is 14. The Morgan fingerprint density at radius 3 is 1.65 bits per heavy atom. The fourth-order valence-corrected chi connectivity index (χ4v) is 14.3. The Hall–Kier alpha value is -8.89. The van der Waals surface area contributed by atoms with Gasteiger partial charge in [-0.05, 0) is 63.1 Å². The van der Waals surface area contributed by atoms with E-state index in [1.165, 1.54) is 61.2 Å². The molecule has 0 radical (unpaired) electrons. The van der Waals surface area contributed by atoms with E-state index >= 15 is 0 Å². The average molecular weight is 1240 g/mol. The van der Waals surface area contributed by atoms with Crippen molar-refractivity contribution in [3.8, 4) is 73.2 Å². The molecule has 3 heterocycles. The molecule has 15 rings (SSSR count). The van der Waals surface area contributed by atoms with Crippen molar-refractivity contribution in [1.82, 2.24) is 18.7 Å². The molecular weight excluding hydrogens is 1180 g/mol. The quantitative estimate of drug-likeness (QED) is 0.149. The molecule has 2 aliphatic carbocycles. The van der Waals surface area contributed by atoms with Crippen LogP contribution in [0.1, 0.15) is 80.5 Å². The Kier molecular flexibility index (Phi) is 11.3. The van der Waals surface area contributed by atoms with Gasteiger partial charge >= 0.3 is 346 Å². The molecule has 0 unspecified atom stereocenters. The second-order valence-electron chi connectivity index (χ2n) is 24.2. The third kappa shape index (κ3) is 7.62. The van der Waals surface area contributed by atoms with Crippen LogP contribution in [-0.4, -0.2) is 18.7 Å². The van der Waals surface area contributed by atoms with E-state index in [2.05, 4.69) is 300 Å². The molecule has 0 atom stereocenters. The van der Waals surface area contributed by atoms with Gasteiger partial charge in [0.2, 0.25) is 0 Å². The first-order valence-corrected chi connectivity index (χ1v) is 29.4. The molecule has 0 fully saturated rings. The molecule has 0 amide bonds. The number of aromatic nitrogens is 4.